The van der Waals surface area contributed by atoms with Crippen molar-refractivity contribution in [1.82, 2.24) is 15.2 Å². The van der Waals surface area contributed by atoms with Gasteiger partial charge in [-0.2, -0.15) is 18.4 Å². The van der Waals surface area contributed by atoms with Crippen LogP contribution in [0.5, 0.6) is 0 Å². The number of alkyl halides is 3. The molecule has 0 bridgehead atoms. The van der Waals surface area contributed by atoms with Crippen LogP contribution in [0.15, 0.2) is 59.4 Å². The molecule has 3 rings (SSSR count). The van der Waals surface area contributed by atoms with Crippen LogP contribution in [-0.2, 0) is 16.4 Å². The summed E-state index contributed by atoms with van der Waals surface area (Å²) in [7, 11) is 0. The number of amides is 1. The number of nitrogens with one attached hydrogen (secondary N) is 1. The molecule has 168 valence electrons. The van der Waals surface area contributed by atoms with Gasteiger partial charge in [-0.3, -0.25) is 9.78 Å². The topological polar surface area (TPSA) is 69.0 Å². The molecule has 1 N–H and O–H groups in total. The smallest absolute Gasteiger partial charge is 0.318 e. The average molecular weight is 461 g/mol. The first-order valence-corrected chi connectivity index (χ1v) is 11.2. The predicted octanol–water partition coefficient (Wildman–Crippen LogP) is 4.33. The van der Waals surface area contributed by atoms with E-state index in [1.54, 1.807) is 12.1 Å². The van der Waals surface area contributed by atoms with E-state index in [9.17, 15) is 23.2 Å². The van der Waals surface area contributed by atoms with Crippen molar-refractivity contribution in [3.63, 3.8) is 0 Å². The lowest BCUT2D eigenvalue weighted by Crippen LogP contribution is -2.40. The lowest BCUT2D eigenvalue weighted by molar-refractivity contribution is -0.137. The molecule has 1 amide bonds. The molecule has 1 unspecified atom stereocenters. The Morgan fingerprint density at radius 2 is 1.91 bits per heavy atom. The molecule has 0 saturated carbocycles. The second kappa shape index (κ2) is 9.76. The highest BCUT2D eigenvalue weighted by Crippen LogP contribution is 2.47. The number of nitriles is 1. The van der Waals surface area contributed by atoms with Crippen LogP contribution in [0.2, 0.25) is 0 Å². The molecule has 2 aromatic rings. The van der Waals surface area contributed by atoms with E-state index in [0.717, 1.165) is 31.8 Å². The van der Waals surface area contributed by atoms with Crippen molar-refractivity contribution < 1.29 is 18.0 Å². The van der Waals surface area contributed by atoms with Crippen LogP contribution in [0.4, 0.5) is 13.2 Å². The van der Waals surface area contributed by atoms with Gasteiger partial charge < -0.3 is 10.2 Å². The van der Waals surface area contributed by atoms with E-state index in [1.807, 2.05) is 13.8 Å². The van der Waals surface area contributed by atoms with Crippen molar-refractivity contribution in [2.45, 2.75) is 25.4 Å². The van der Waals surface area contributed by atoms with E-state index in [-0.39, 0.29) is 11.1 Å². The summed E-state index contributed by atoms with van der Waals surface area (Å²) in [6, 6.07) is 9.90. The quantitative estimate of drug-likeness (QED) is 0.635. The Kier molecular flexibility index (Phi) is 7.26. The summed E-state index contributed by atoms with van der Waals surface area (Å²) in [5.74, 6) is 0.0560. The Hall–Kier alpha value is -2.83. The first-order chi connectivity index (χ1) is 15.3. The number of nitrogens with zero attached hydrogens (tertiary/aromatic N) is 3. The van der Waals surface area contributed by atoms with Crippen LogP contribution < -0.4 is 5.32 Å². The van der Waals surface area contributed by atoms with Gasteiger partial charge in [-0.05, 0) is 36.3 Å². The number of benzene rings is 1. The van der Waals surface area contributed by atoms with E-state index >= 15 is 0 Å². The fourth-order valence-corrected chi connectivity index (χ4v) is 4.90. The molecule has 5 nitrogen and oxygen atoms in total. The van der Waals surface area contributed by atoms with Crippen LogP contribution >= 0.6 is 11.8 Å². The summed E-state index contributed by atoms with van der Waals surface area (Å²) in [4.78, 5) is 19.7. The minimum Gasteiger partial charge on any atom is -0.318 e. The van der Waals surface area contributed by atoms with Gasteiger partial charge in [0.1, 0.15) is 5.41 Å². The Balaban J connectivity index is 2.14. The van der Waals surface area contributed by atoms with Crippen molar-refractivity contribution in [2.75, 3.05) is 25.4 Å². The van der Waals surface area contributed by atoms with Crippen molar-refractivity contribution in [3.8, 4) is 6.07 Å². The molecule has 0 aliphatic carbocycles. The minimum atomic E-state index is -4.58. The molecule has 1 aliphatic heterocycles. The number of halogens is 3. The molecule has 0 saturated heterocycles. The van der Waals surface area contributed by atoms with Gasteiger partial charge in [0.25, 0.3) is 0 Å². The first kappa shape index (κ1) is 23.8. The number of aromatic nitrogens is 1. The number of thioether (sulfide) groups is 1. The molecule has 2 heterocycles. The van der Waals surface area contributed by atoms with Crippen LogP contribution in [0, 0.1) is 11.3 Å². The van der Waals surface area contributed by atoms with Gasteiger partial charge in [0, 0.05) is 24.7 Å². The van der Waals surface area contributed by atoms with Crippen LogP contribution in [-0.4, -0.2) is 41.2 Å². The Bertz CT molecular complexity index is 1050. The van der Waals surface area contributed by atoms with Crippen LogP contribution in [0.25, 0.3) is 0 Å². The summed E-state index contributed by atoms with van der Waals surface area (Å²) >= 11 is 1.32. The van der Waals surface area contributed by atoms with E-state index in [4.69, 9.17) is 0 Å². The van der Waals surface area contributed by atoms with Gasteiger partial charge >= 0.3 is 6.18 Å². The van der Waals surface area contributed by atoms with Gasteiger partial charge in [0.2, 0.25) is 5.91 Å². The minimum absolute atomic E-state index is 0.0775. The highest BCUT2D eigenvalue weighted by atomic mass is 32.2. The third-order valence-corrected chi connectivity index (χ3v) is 6.53. The van der Waals surface area contributed by atoms with Gasteiger partial charge in [0.05, 0.1) is 22.2 Å². The molecule has 0 spiro atoms. The molecule has 1 aliphatic rings. The van der Waals surface area contributed by atoms with Crippen LogP contribution in [0.1, 0.15) is 30.5 Å². The van der Waals surface area contributed by atoms with E-state index in [0.29, 0.717) is 16.3 Å². The first-order valence-electron chi connectivity index (χ1n) is 10.2. The second-order valence-corrected chi connectivity index (χ2v) is 8.32. The van der Waals surface area contributed by atoms with Gasteiger partial charge in [-0.15, -0.1) is 11.8 Å². The van der Waals surface area contributed by atoms with Crippen LogP contribution in [0.3, 0.4) is 0 Å². The fourth-order valence-electron chi connectivity index (χ4n) is 3.83. The molecular weight excluding hydrogens is 437 g/mol. The molecule has 1 aromatic heterocycles. The van der Waals surface area contributed by atoms with Crippen molar-refractivity contribution >= 4 is 17.7 Å². The third kappa shape index (κ3) is 4.38. The molecule has 0 radical (unpaired) electrons. The summed E-state index contributed by atoms with van der Waals surface area (Å²) < 4.78 is 40.3. The monoisotopic (exact) mass is 460 g/mol. The standard InChI is InChI=1S/C23H23F3N4OS/c1-3-30(4-2)11-12-32-20-19(14-27)22(21(31)29-20,18-9-6-10-28-15-18)16-7-5-8-17(13-16)23(24,25)26/h5-10,13,15H,3-4,11-12H2,1-2H3,(H,29,31). The Morgan fingerprint density at radius 3 is 2.50 bits per heavy atom. The second-order valence-electron chi connectivity index (χ2n) is 7.22. The summed E-state index contributed by atoms with van der Waals surface area (Å²) in [6.07, 6.45) is -1.66. The normalized spacial score (nSPS) is 18.7. The maximum absolute atomic E-state index is 13.4. The highest BCUT2D eigenvalue weighted by Gasteiger charge is 2.52. The Labute approximate surface area is 189 Å². The summed E-state index contributed by atoms with van der Waals surface area (Å²) in [5, 5.41) is 13.2. The Morgan fingerprint density at radius 1 is 1.19 bits per heavy atom. The van der Waals surface area contributed by atoms with Crippen molar-refractivity contribution in [2.24, 2.45) is 0 Å². The number of rotatable bonds is 8. The van der Waals surface area contributed by atoms with Gasteiger partial charge in [0.15, 0.2) is 0 Å². The third-order valence-electron chi connectivity index (χ3n) is 5.55. The molecule has 0 fully saturated rings. The van der Waals surface area contributed by atoms with Gasteiger partial charge in [-0.25, -0.2) is 0 Å². The zero-order valence-electron chi connectivity index (χ0n) is 17.7. The maximum atomic E-state index is 13.4. The summed E-state index contributed by atoms with van der Waals surface area (Å²) in [5.41, 5.74) is -2.09. The fraction of sp³-hybridized carbons (Fsp3) is 0.348. The van der Waals surface area contributed by atoms with E-state index in [2.05, 4.69) is 21.3 Å². The zero-order chi connectivity index (χ0) is 23.4. The van der Waals surface area contributed by atoms with Crippen molar-refractivity contribution in [3.05, 3.63) is 76.1 Å². The number of carbonyl (C=O) groups excluding carboxylic acids is 1. The van der Waals surface area contributed by atoms with Crippen molar-refractivity contribution in [1.29, 1.82) is 5.26 Å². The molecule has 1 aromatic carbocycles. The number of pyridine rings is 1. The molecular formula is C23H23F3N4OS. The molecule has 9 heteroatoms. The number of hydrogen-bond acceptors (Lipinski definition) is 5. The maximum Gasteiger partial charge on any atom is 0.416 e. The number of hydrogen-bond donors (Lipinski definition) is 1. The zero-order valence-corrected chi connectivity index (χ0v) is 18.6. The molecule has 1 atom stereocenters. The predicted molar refractivity (Wildman–Crippen MR) is 117 cm³/mol. The van der Waals surface area contributed by atoms with E-state index in [1.165, 1.54) is 36.3 Å². The highest BCUT2D eigenvalue weighted by molar-refractivity contribution is 8.03. The lowest BCUT2D eigenvalue weighted by atomic mass is 9.70. The number of carbonyl (C=O) groups is 1. The van der Waals surface area contributed by atoms with Gasteiger partial charge in [-0.1, -0.05) is 38.1 Å². The average Bonchev–Trinajstić information content (AvgIpc) is 3.08. The SMILES string of the molecule is CCN(CC)CCSC1=C(C#N)C(c2cccnc2)(c2cccc(C(F)(F)F)c2)C(=O)N1. The summed E-state index contributed by atoms with van der Waals surface area (Å²) in [6.45, 7) is 6.59. The largest absolute Gasteiger partial charge is 0.416 e. The molecule has 32 heavy (non-hydrogen) atoms. The lowest BCUT2D eigenvalue weighted by Gasteiger charge is -2.28. The van der Waals surface area contributed by atoms with E-state index < -0.39 is 23.1 Å².